The second-order valence-electron chi connectivity index (χ2n) is 8.16. The van der Waals surface area contributed by atoms with Gasteiger partial charge in [0.25, 0.3) is 11.9 Å². The highest BCUT2D eigenvalue weighted by Gasteiger charge is 2.73. The van der Waals surface area contributed by atoms with Crippen LogP contribution in [0.2, 0.25) is 0 Å². The molecule has 9 heteroatoms. The van der Waals surface area contributed by atoms with Gasteiger partial charge in [-0.2, -0.15) is 0 Å². The van der Waals surface area contributed by atoms with Gasteiger partial charge >= 0.3 is 0 Å². The first-order valence-electron chi connectivity index (χ1n) is 10.2. The summed E-state index contributed by atoms with van der Waals surface area (Å²) in [6.07, 6.45) is 1.68. The van der Waals surface area contributed by atoms with Gasteiger partial charge in [0.1, 0.15) is 0 Å². The number of fused-ring (bicyclic) bond motifs is 4. The van der Waals surface area contributed by atoms with E-state index in [1.54, 1.807) is 13.2 Å². The molecule has 0 saturated carbocycles. The molecule has 2 aromatic carbocycles. The zero-order chi connectivity index (χ0) is 21.9. The zero-order valence-electron chi connectivity index (χ0n) is 17.1. The van der Waals surface area contributed by atoms with Crippen LogP contribution in [0.25, 0.3) is 0 Å². The highest BCUT2D eigenvalue weighted by Crippen LogP contribution is 2.58. The van der Waals surface area contributed by atoms with Crippen LogP contribution in [-0.2, 0) is 10.3 Å². The number of hydrogen-bond acceptors (Lipinski definition) is 6. The summed E-state index contributed by atoms with van der Waals surface area (Å²) in [5, 5.41) is 15.5. The Labute approximate surface area is 187 Å². The van der Waals surface area contributed by atoms with Crippen LogP contribution in [0.3, 0.4) is 0 Å². The van der Waals surface area contributed by atoms with Crippen molar-refractivity contribution in [2.45, 2.75) is 36.4 Å². The number of anilines is 1. The summed E-state index contributed by atoms with van der Waals surface area (Å²) in [5.74, 6) is 0.231. The number of nitrogens with zero attached hydrogens (tertiary/aromatic N) is 2. The summed E-state index contributed by atoms with van der Waals surface area (Å²) in [5.41, 5.74) is 0.776. The van der Waals surface area contributed by atoms with Crippen LogP contribution in [-0.4, -0.2) is 48.6 Å². The molecule has 3 heterocycles. The molecule has 2 fully saturated rings. The van der Waals surface area contributed by atoms with E-state index < -0.39 is 17.5 Å². The van der Waals surface area contributed by atoms with Crippen molar-refractivity contribution in [1.29, 1.82) is 0 Å². The third-order valence-electron chi connectivity index (χ3n) is 6.93. The number of hydrogen-bond donors (Lipinski definition) is 1. The van der Waals surface area contributed by atoms with Gasteiger partial charge < -0.3 is 14.8 Å². The van der Waals surface area contributed by atoms with Crippen molar-refractivity contribution in [2.24, 2.45) is 0 Å². The van der Waals surface area contributed by atoms with Crippen molar-refractivity contribution in [3.8, 4) is 11.5 Å². The molecule has 0 unspecified atom stereocenters. The van der Waals surface area contributed by atoms with E-state index in [0.29, 0.717) is 33.8 Å². The van der Waals surface area contributed by atoms with E-state index >= 15 is 0 Å². The standard InChI is InChI=1S/C22H22BrN3O5/c1-30-17-11-12(10-14(23)19(17)31-2)18-16-8-5-9-25(16)22(20(18)26(28)29)13-6-3-4-7-15(13)24-21(22)27/h3-4,6-7,10-11,16,18,20H,5,8-9H2,1-2H3,(H,24,27)/t16-,18+,20-,22-/m0/s1. The maximum atomic E-state index is 13.5. The highest BCUT2D eigenvalue weighted by atomic mass is 79.9. The number of nitrogens with one attached hydrogen (secondary N) is 1. The Hall–Kier alpha value is -2.65. The van der Waals surface area contributed by atoms with Crippen molar-refractivity contribution in [3.63, 3.8) is 0 Å². The molecule has 3 aliphatic heterocycles. The van der Waals surface area contributed by atoms with Gasteiger partial charge in [0, 0.05) is 28.8 Å². The number of ether oxygens (including phenoxy) is 2. The first kappa shape index (κ1) is 20.3. The third kappa shape index (κ3) is 2.59. The van der Waals surface area contributed by atoms with E-state index in [1.165, 1.54) is 7.11 Å². The lowest BCUT2D eigenvalue weighted by atomic mass is 9.77. The minimum absolute atomic E-state index is 0.127. The fraction of sp³-hybridized carbons (Fsp3) is 0.409. The largest absolute Gasteiger partial charge is 0.493 e. The van der Waals surface area contributed by atoms with Crippen LogP contribution in [0.5, 0.6) is 11.5 Å². The van der Waals surface area contributed by atoms with E-state index in [2.05, 4.69) is 26.1 Å². The van der Waals surface area contributed by atoms with Gasteiger partial charge in [0.05, 0.1) is 24.6 Å². The average Bonchev–Trinajstić information content (AvgIpc) is 3.40. The number of benzene rings is 2. The minimum Gasteiger partial charge on any atom is -0.493 e. The normalized spacial score (nSPS) is 29.0. The predicted molar refractivity (Wildman–Crippen MR) is 117 cm³/mol. The predicted octanol–water partition coefficient (Wildman–Crippen LogP) is 3.52. The van der Waals surface area contributed by atoms with Crippen molar-refractivity contribution in [2.75, 3.05) is 26.1 Å². The Kier molecular flexibility index (Phi) is 4.71. The lowest BCUT2D eigenvalue weighted by Crippen LogP contribution is -2.55. The molecule has 5 rings (SSSR count). The maximum Gasteiger partial charge on any atom is 0.256 e. The van der Waals surface area contributed by atoms with Crippen LogP contribution < -0.4 is 14.8 Å². The van der Waals surface area contributed by atoms with Gasteiger partial charge in [-0.1, -0.05) is 18.2 Å². The summed E-state index contributed by atoms with van der Waals surface area (Å²) in [6.45, 7) is 0.641. The molecule has 31 heavy (non-hydrogen) atoms. The molecule has 2 saturated heterocycles. The summed E-state index contributed by atoms with van der Waals surface area (Å²) in [7, 11) is 3.09. The second-order valence-corrected chi connectivity index (χ2v) is 9.02. The Morgan fingerprint density at radius 2 is 2.03 bits per heavy atom. The molecule has 0 aliphatic carbocycles. The van der Waals surface area contributed by atoms with Crippen molar-refractivity contribution >= 4 is 27.5 Å². The Morgan fingerprint density at radius 1 is 1.26 bits per heavy atom. The van der Waals surface area contributed by atoms with Crippen LogP contribution in [0, 0.1) is 10.1 Å². The summed E-state index contributed by atoms with van der Waals surface area (Å²) in [6, 6.07) is 9.72. The molecule has 1 amide bonds. The number of nitro groups is 1. The van der Waals surface area contributed by atoms with Crippen LogP contribution >= 0.6 is 15.9 Å². The van der Waals surface area contributed by atoms with Crippen LogP contribution in [0.1, 0.15) is 29.9 Å². The molecule has 1 spiro atoms. The van der Waals surface area contributed by atoms with E-state index in [-0.39, 0.29) is 16.9 Å². The highest BCUT2D eigenvalue weighted by molar-refractivity contribution is 9.10. The summed E-state index contributed by atoms with van der Waals surface area (Å²) < 4.78 is 11.6. The number of methoxy groups -OCH3 is 2. The number of rotatable bonds is 4. The Bertz CT molecular complexity index is 1090. The molecule has 162 valence electrons. The molecule has 2 aromatic rings. The minimum atomic E-state index is -1.33. The Morgan fingerprint density at radius 3 is 2.74 bits per heavy atom. The second kappa shape index (κ2) is 7.20. The van der Waals surface area contributed by atoms with Gasteiger partial charge in [-0.3, -0.25) is 19.8 Å². The molecule has 3 aliphatic rings. The van der Waals surface area contributed by atoms with Crippen molar-refractivity contribution in [3.05, 3.63) is 62.1 Å². The van der Waals surface area contributed by atoms with Gasteiger partial charge in [-0.05, 0) is 52.5 Å². The van der Waals surface area contributed by atoms with Gasteiger partial charge in [0.15, 0.2) is 17.0 Å². The Balaban J connectivity index is 1.75. The number of halogens is 1. The van der Waals surface area contributed by atoms with E-state index in [9.17, 15) is 14.9 Å². The monoisotopic (exact) mass is 487 g/mol. The fourth-order valence-electron chi connectivity index (χ4n) is 5.91. The van der Waals surface area contributed by atoms with E-state index in [1.807, 2.05) is 30.3 Å². The number of carbonyl (C=O) groups is 1. The molecule has 4 atom stereocenters. The number of carbonyl (C=O) groups excluding carboxylic acids is 1. The maximum absolute atomic E-state index is 13.5. The molecule has 8 nitrogen and oxygen atoms in total. The molecular weight excluding hydrogens is 466 g/mol. The lowest BCUT2D eigenvalue weighted by Gasteiger charge is -2.32. The fourth-order valence-corrected chi connectivity index (χ4v) is 6.53. The lowest BCUT2D eigenvalue weighted by molar-refractivity contribution is -0.534. The van der Waals surface area contributed by atoms with Crippen LogP contribution in [0.4, 0.5) is 5.69 Å². The summed E-state index contributed by atoms with van der Waals surface area (Å²) >= 11 is 3.52. The van der Waals surface area contributed by atoms with E-state index in [4.69, 9.17) is 9.47 Å². The van der Waals surface area contributed by atoms with Gasteiger partial charge in [0.2, 0.25) is 0 Å². The zero-order valence-corrected chi connectivity index (χ0v) is 18.7. The van der Waals surface area contributed by atoms with Crippen LogP contribution in [0.15, 0.2) is 40.9 Å². The topological polar surface area (TPSA) is 93.9 Å². The quantitative estimate of drug-likeness (QED) is 0.523. The molecule has 0 bridgehead atoms. The van der Waals surface area contributed by atoms with E-state index in [0.717, 1.165) is 18.4 Å². The molecule has 1 N–H and O–H groups in total. The smallest absolute Gasteiger partial charge is 0.256 e. The van der Waals surface area contributed by atoms with Gasteiger partial charge in [-0.25, -0.2) is 0 Å². The molecule has 0 radical (unpaired) electrons. The van der Waals surface area contributed by atoms with Crippen molar-refractivity contribution in [1.82, 2.24) is 4.90 Å². The first-order chi connectivity index (χ1) is 14.9. The summed E-state index contributed by atoms with van der Waals surface area (Å²) in [4.78, 5) is 27.9. The number of amides is 1. The molecule has 0 aromatic heterocycles. The number of para-hydroxylation sites is 1. The first-order valence-corrected chi connectivity index (χ1v) is 11.0. The SMILES string of the molecule is COc1cc([C@H]2[C@H]([N+](=O)[O-])[C@@]3(C(=O)Nc4ccccc43)N3CCC[C@@H]23)cc(Br)c1OC. The van der Waals surface area contributed by atoms with Gasteiger partial charge in [-0.15, -0.1) is 0 Å². The van der Waals surface area contributed by atoms with Crippen molar-refractivity contribution < 1.29 is 19.2 Å². The molecular formula is C22H22BrN3O5. The third-order valence-corrected chi connectivity index (χ3v) is 7.52. The average molecular weight is 488 g/mol.